The molecule has 17 heavy (non-hydrogen) atoms. The molecule has 2 unspecified atom stereocenters. The summed E-state index contributed by atoms with van der Waals surface area (Å²) in [6, 6.07) is 7.44. The molecule has 0 bridgehead atoms. The van der Waals surface area contributed by atoms with Crippen molar-refractivity contribution in [2.24, 2.45) is 0 Å². The Morgan fingerprint density at radius 3 is 2.88 bits per heavy atom. The van der Waals surface area contributed by atoms with Crippen molar-refractivity contribution in [3.8, 4) is 5.75 Å². The molecule has 1 aromatic carbocycles. The quantitative estimate of drug-likeness (QED) is 0.707. The molecule has 0 aliphatic rings. The number of hydrogen-bond donors (Lipinski definition) is 3. The van der Waals surface area contributed by atoms with Gasteiger partial charge in [0.2, 0.25) is 0 Å². The Balaban J connectivity index is 2.26. The average molecular weight is 304 g/mol. The van der Waals surface area contributed by atoms with Crippen LogP contribution in [0.15, 0.2) is 28.7 Å². The van der Waals surface area contributed by atoms with Crippen LogP contribution >= 0.6 is 15.9 Å². The summed E-state index contributed by atoms with van der Waals surface area (Å²) in [6.07, 6.45) is -0.594. The van der Waals surface area contributed by atoms with Gasteiger partial charge in [-0.25, -0.2) is 0 Å². The van der Waals surface area contributed by atoms with Crippen LogP contribution < -0.4 is 10.1 Å². The van der Waals surface area contributed by atoms with Gasteiger partial charge in [-0.15, -0.1) is 0 Å². The number of nitrogens with one attached hydrogen (secondary N) is 1. The van der Waals surface area contributed by atoms with Crippen molar-refractivity contribution in [3.05, 3.63) is 28.7 Å². The molecule has 0 aliphatic heterocycles. The fraction of sp³-hybridized carbons (Fsp3) is 0.500. The van der Waals surface area contributed by atoms with E-state index in [1.165, 1.54) is 0 Å². The normalized spacial score (nSPS) is 14.4. The van der Waals surface area contributed by atoms with Gasteiger partial charge in [-0.05, 0) is 25.1 Å². The molecule has 0 radical (unpaired) electrons. The minimum atomic E-state index is -0.594. The lowest BCUT2D eigenvalue weighted by molar-refractivity contribution is 0.101. The summed E-state index contributed by atoms with van der Waals surface area (Å²) < 4.78 is 6.37. The predicted molar refractivity (Wildman–Crippen MR) is 70.2 cm³/mol. The van der Waals surface area contributed by atoms with Gasteiger partial charge in [0.25, 0.3) is 0 Å². The van der Waals surface area contributed by atoms with Crippen LogP contribution in [0, 0.1) is 0 Å². The van der Waals surface area contributed by atoms with Gasteiger partial charge in [-0.1, -0.05) is 22.0 Å². The molecule has 0 heterocycles. The first-order valence-electron chi connectivity index (χ1n) is 5.52. The smallest absolute Gasteiger partial charge is 0.120 e. The third-order valence-corrected chi connectivity index (χ3v) is 2.71. The van der Waals surface area contributed by atoms with Gasteiger partial charge in [0.1, 0.15) is 18.5 Å². The largest absolute Gasteiger partial charge is 0.491 e. The zero-order valence-corrected chi connectivity index (χ0v) is 11.4. The third kappa shape index (κ3) is 6.02. The highest BCUT2D eigenvalue weighted by molar-refractivity contribution is 9.10. The molecular formula is C12H18BrNO3. The van der Waals surface area contributed by atoms with Crippen LogP contribution in [-0.2, 0) is 0 Å². The number of rotatable bonds is 7. The fourth-order valence-electron chi connectivity index (χ4n) is 1.21. The van der Waals surface area contributed by atoms with E-state index >= 15 is 0 Å². The fourth-order valence-corrected chi connectivity index (χ4v) is 1.59. The summed E-state index contributed by atoms with van der Waals surface area (Å²) in [6.45, 7) is 2.53. The van der Waals surface area contributed by atoms with E-state index in [2.05, 4.69) is 21.2 Å². The topological polar surface area (TPSA) is 61.7 Å². The standard InChI is InChI=1S/C12H18BrNO3/c1-9(7-15)14-6-11(16)8-17-12-4-2-3-10(13)5-12/h2-5,9,11,14-16H,6-8H2,1H3. The highest BCUT2D eigenvalue weighted by Crippen LogP contribution is 2.17. The molecule has 0 fully saturated rings. The molecule has 0 amide bonds. The van der Waals surface area contributed by atoms with Crippen molar-refractivity contribution in [1.29, 1.82) is 0 Å². The summed E-state index contributed by atoms with van der Waals surface area (Å²) >= 11 is 3.35. The van der Waals surface area contributed by atoms with Crippen molar-refractivity contribution < 1.29 is 14.9 Å². The molecule has 96 valence electrons. The van der Waals surface area contributed by atoms with Crippen LogP contribution in [0.4, 0.5) is 0 Å². The van der Waals surface area contributed by atoms with Crippen molar-refractivity contribution in [3.63, 3.8) is 0 Å². The molecule has 0 saturated carbocycles. The number of halogens is 1. The highest BCUT2D eigenvalue weighted by atomic mass is 79.9. The average Bonchev–Trinajstić information content (AvgIpc) is 2.33. The van der Waals surface area contributed by atoms with Crippen LogP contribution in [0.1, 0.15) is 6.92 Å². The van der Waals surface area contributed by atoms with Crippen LogP contribution in [0.2, 0.25) is 0 Å². The van der Waals surface area contributed by atoms with Crippen LogP contribution in [0.3, 0.4) is 0 Å². The summed E-state index contributed by atoms with van der Waals surface area (Å²) in [5.41, 5.74) is 0. The van der Waals surface area contributed by atoms with E-state index in [1.807, 2.05) is 31.2 Å². The monoisotopic (exact) mass is 303 g/mol. The summed E-state index contributed by atoms with van der Waals surface area (Å²) in [5.74, 6) is 0.716. The van der Waals surface area contributed by atoms with Crippen molar-refractivity contribution >= 4 is 15.9 Å². The third-order valence-electron chi connectivity index (χ3n) is 2.21. The van der Waals surface area contributed by atoms with E-state index in [-0.39, 0.29) is 19.3 Å². The molecular weight excluding hydrogens is 286 g/mol. The minimum absolute atomic E-state index is 0.0180. The first-order chi connectivity index (χ1) is 8.11. The Hall–Kier alpha value is -0.620. The number of hydrogen-bond acceptors (Lipinski definition) is 4. The Morgan fingerprint density at radius 1 is 1.47 bits per heavy atom. The second-order valence-electron chi connectivity index (χ2n) is 3.91. The number of ether oxygens (including phenoxy) is 1. The van der Waals surface area contributed by atoms with Crippen LogP contribution in [0.5, 0.6) is 5.75 Å². The van der Waals surface area contributed by atoms with E-state index < -0.39 is 6.10 Å². The Morgan fingerprint density at radius 2 is 2.24 bits per heavy atom. The number of aliphatic hydroxyl groups is 2. The maximum atomic E-state index is 9.64. The van der Waals surface area contributed by atoms with E-state index in [1.54, 1.807) is 0 Å². The van der Waals surface area contributed by atoms with E-state index in [0.717, 1.165) is 4.47 Å². The van der Waals surface area contributed by atoms with Crippen molar-refractivity contribution in [2.45, 2.75) is 19.1 Å². The van der Waals surface area contributed by atoms with Gasteiger partial charge in [-0.2, -0.15) is 0 Å². The van der Waals surface area contributed by atoms with Crippen molar-refractivity contribution in [2.75, 3.05) is 19.8 Å². The van der Waals surface area contributed by atoms with E-state index in [4.69, 9.17) is 9.84 Å². The Bertz CT molecular complexity index is 335. The minimum Gasteiger partial charge on any atom is -0.491 e. The molecule has 4 nitrogen and oxygen atoms in total. The molecule has 1 rings (SSSR count). The number of aliphatic hydroxyl groups excluding tert-OH is 2. The van der Waals surface area contributed by atoms with Gasteiger partial charge in [0, 0.05) is 17.1 Å². The van der Waals surface area contributed by atoms with E-state index in [9.17, 15) is 5.11 Å². The predicted octanol–water partition coefficient (Wildman–Crippen LogP) is 1.16. The van der Waals surface area contributed by atoms with Crippen LogP contribution in [-0.4, -0.2) is 42.1 Å². The summed E-state index contributed by atoms with van der Waals surface area (Å²) in [4.78, 5) is 0. The maximum absolute atomic E-state index is 9.64. The molecule has 5 heteroatoms. The van der Waals surface area contributed by atoms with Crippen molar-refractivity contribution in [1.82, 2.24) is 5.32 Å². The van der Waals surface area contributed by atoms with Gasteiger partial charge >= 0.3 is 0 Å². The zero-order valence-electron chi connectivity index (χ0n) is 9.77. The lowest BCUT2D eigenvalue weighted by atomic mass is 10.3. The SMILES string of the molecule is CC(CO)NCC(O)COc1cccc(Br)c1. The lowest BCUT2D eigenvalue weighted by Crippen LogP contribution is -2.38. The Kier molecular flexibility index (Phi) is 6.50. The summed E-state index contributed by atoms with van der Waals surface area (Å²) in [7, 11) is 0. The lowest BCUT2D eigenvalue weighted by Gasteiger charge is -2.16. The second-order valence-corrected chi connectivity index (χ2v) is 4.83. The maximum Gasteiger partial charge on any atom is 0.120 e. The van der Waals surface area contributed by atoms with Crippen LogP contribution in [0.25, 0.3) is 0 Å². The molecule has 0 aromatic heterocycles. The van der Waals surface area contributed by atoms with E-state index in [0.29, 0.717) is 12.3 Å². The summed E-state index contributed by atoms with van der Waals surface area (Å²) in [5, 5.41) is 21.4. The highest BCUT2D eigenvalue weighted by Gasteiger charge is 2.07. The molecule has 1 aromatic rings. The van der Waals surface area contributed by atoms with Gasteiger partial charge in [-0.3, -0.25) is 0 Å². The molecule has 3 N–H and O–H groups in total. The van der Waals surface area contributed by atoms with Gasteiger partial charge in [0.15, 0.2) is 0 Å². The molecule has 2 atom stereocenters. The molecule has 0 spiro atoms. The number of benzene rings is 1. The zero-order chi connectivity index (χ0) is 12.7. The molecule has 0 saturated heterocycles. The second kappa shape index (κ2) is 7.66. The first-order valence-corrected chi connectivity index (χ1v) is 6.31. The first kappa shape index (κ1) is 14.4. The van der Waals surface area contributed by atoms with Gasteiger partial charge in [0.05, 0.1) is 6.61 Å². The Labute approximate surface area is 110 Å². The van der Waals surface area contributed by atoms with Gasteiger partial charge < -0.3 is 20.3 Å². The molecule has 0 aliphatic carbocycles.